The van der Waals surface area contributed by atoms with Gasteiger partial charge in [-0.15, -0.1) is 6.42 Å². The SMILES string of the molecule is C#CC1=CC(=O)C(O)CC1. The Bertz CT molecular complexity index is 220. The molecule has 1 aliphatic carbocycles. The summed E-state index contributed by atoms with van der Waals surface area (Å²) in [5.74, 6) is 2.12. The molecule has 52 valence electrons. The minimum atomic E-state index is -0.822. The van der Waals surface area contributed by atoms with Crippen molar-refractivity contribution < 1.29 is 9.90 Å². The van der Waals surface area contributed by atoms with Gasteiger partial charge in [-0.3, -0.25) is 4.79 Å². The third kappa shape index (κ3) is 1.26. The van der Waals surface area contributed by atoms with Crippen LogP contribution in [0.5, 0.6) is 0 Å². The molecule has 0 spiro atoms. The van der Waals surface area contributed by atoms with Crippen LogP contribution in [0.4, 0.5) is 0 Å². The van der Waals surface area contributed by atoms with E-state index in [1.54, 1.807) is 0 Å². The number of ketones is 1. The Hall–Kier alpha value is -1.07. The summed E-state index contributed by atoms with van der Waals surface area (Å²) in [7, 11) is 0. The fraction of sp³-hybridized carbons (Fsp3) is 0.375. The highest BCUT2D eigenvalue weighted by molar-refractivity contribution is 5.95. The molecule has 2 heteroatoms. The minimum absolute atomic E-state index is 0.265. The number of hydrogen-bond donors (Lipinski definition) is 1. The van der Waals surface area contributed by atoms with Gasteiger partial charge < -0.3 is 5.11 Å². The van der Waals surface area contributed by atoms with Gasteiger partial charge in [-0.1, -0.05) is 5.92 Å². The molecule has 1 N–H and O–H groups in total. The van der Waals surface area contributed by atoms with Crippen molar-refractivity contribution in [2.45, 2.75) is 18.9 Å². The average Bonchev–Trinajstić information content (AvgIpc) is 1.95. The number of rotatable bonds is 0. The summed E-state index contributed by atoms with van der Waals surface area (Å²) in [6.07, 6.45) is 6.69. The molecule has 0 aromatic heterocycles. The van der Waals surface area contributed by atoms with E-state index in [9.17, 15) is 4.79 Å². The zero-order chi connectivity index (χ0) is 7.56. The van der Waals surface area contributed by atoms with Crippen LogP contribution in [0, 0.1) is 12.3 Å². The molecule has 0 heterocycles. The van der Waals surface area contributed by atoms with Crippen LogP contribution in [0.2, 0.25) is 0 Å². The molecule has 1 rings (SSSR count). The lowest BCUT2D eigenvalue weighted by molar-refractivity contribution is -0.123. The van der Waals surface area contributed by atoms with Crippen molar-refractivity contribution >= 4 is 5.78 Å². The Morgan fingerprint density at radius 3 is 3.00 bits per heavy atom. The molecule has 0 saturated carbocycles. The lowest BCUT2D eigenvalue weighted by Crippen LogP contribution is -2.21. The number of carbonyl (C=O) groups excluding carboxylic acids is 1. The Kier molecular flexibility index (Phi) is 1.88. The number of terminal acetylenes is 1. The fourth-order valence-electron chi connectivity index (χ4n) is 0.888. The molecule has 0 aliphatic heterocycles. The van der Waals surface area contributed by atoms with Crippen molar-refractivity contribution in [3.63, 3.8) is 0 Å². The second-order valence-corrected chi connectivity index (χ2v) is 2.27. The summed E-state index contributed by atoms with van der Waals surface area (Å²) < 4.78 is 0. The number of hydrogen-bond acceptors (Lipinski definition) is 2. The van der Waals surface area contributed by atoms with E-state index in [1.165, 1.54) is 6.08 Å². The summed E-state index contributed by atoms with van der Waals surface area (Å²) in [4.78, 5) is 10.7. The largest absolute Gasteiger partial charge is 0.385 e. The van der Waals surface area contributed by atoms with Crippen LogP contribution in [0.15, 0.2) is 11.6 Å². The first kappa shape index (κ1) is 7.04. The first-order chi connectivity index (χ1) is 4.74. The van der Waals surface area contributed by atoms with E-state index in [0.29, 0.717) is 18.4 Å². The highest BCUT2D eigenvalue weighted by atomic mass is 16.3. The molecule has 10 heavy (non-hydrogen) atoms. The molecule has 0 radical (unpaired) electrons. The maximum Gasteiger partial charge on any atom is 0.185 e. The second kappa shape index (κ2) is 2.68. The van der Waals surface area contributed by atoms with Crippen LogP contribution in [-0.2, 0) is 4.79 Å². The van der Waals surface area contributed by atoms with Crippen LogP contribution >= 0.6 is 0 Å². The van der Waals surface area contributed by atoms with Crippen molar-refractivity contribution in [3.05, 3.63) is 11.6 Å². The van der Waals surface area contributed by atoms with E-state index < -0.39 is 6.10 Å². The van der Waals surface area contributed by atoms with Crippen molar-refractivity contribution in [1.29, 1.82) is 0 Å². The molecule has 0 amide bonds. The predicted molar refractivity (Wildman–Crippen MR) is 37.2 cm³/mol. The minimum Gasteiger partial charge on any atom is -0.385 e. The van der Waals surface area contributed by atoms with E-state index in [-0.39, 0.29) is 5.78 Å². The maximum atomic E-state index is 10.7. The van der Waals surface area contributed by atoms with E-state index in [4.69, 9.17) is 11.5 Å². The van der Waals surface area contributed by atoms with Gasteiger partial charge in [0.1, 0.15) is 6.10 Å². The highest BCUT2D eigenvalue weighted by Gasteiger charge is 2.17. The fourth-order valence-corrected chi connectivity index (χ4v) is 0.888. The Balaban J connectivity index is 2.78. The topological polar surface area (TPSA) is 37.3 Å². The lowest BCUT2D eigenvalue weighted by atomic mass is 9.97. The molecule has 0 aromatic rings. The van der Waals surface area contributed by atoms with Gasteiger partial charge in [0.15, 0.2) is 5.78 Å². The van der Waals surface area contributed by atoms with Gasteiger partial charge in [-0.2, -0.15) is 0 Å². The van der Waals surface area contributed by atoms with Crippen LogP contribution < -0.4 is 0 Å². The van der Waals surface area contributed by atoms with E-state index in [2.05, 4.69) is 5.92 Å². The van der Waals surface area contributed by atoms with Gasteiger partial charge in [0, 0.05) is 5.57 Å². The number of aliphatic hydroxyl groups excluding tert-OH is 1. The van der Waals surface area contributed by atoms with Gasteiger partial charge in [0.05, 0.1) is 0 Å². The molecule has 2 nitrogen and oxygen atoms in total. The Morgan fingerprint density at radius 1 is 1.80 bits per heavy atom. The lowest BCUT2D eigenvalue weighted by Gasteiger charge is -2.11. The number of allylic oxidation sites excluding steroid dienone is 1. The van der Waals surface area contributed by atoms with Crippen LogP contribution in [0.1, 0.15) is 12.8 Å². The molecular formula is C8H8O2. The first-order valence-electron chi connectivity index (χ1n) is 3.13. The first-order valence-corrected chi connectivity index (χ1v) is 3.13. The van der Waals surface area contributed by atoms with Gasteiger partial charge in [0.25, 0.3) is 0 Å². The van der Waals surface area contributed by atoms with Crippen LogP contribution in [-0.4, -0.2) is 17.0 Å². The quantitative estimate of drug-likeness (QED) is 0.485. The van der Waals surface area contributed by atoms with Crippen LogP contribution in [0.3, 0.4) is 0 Å². The third-order valence-electron chi connectivity index (χ3n) is 1.52. The zero-order valence-electron chi connectivity index (χ0n) is 5.50. The summed E-state index contributed by atoms with van der Waals surface area (Å²) >= 11 is 0. The monoisotopic (exact) mass is 136 g/mol. The number of carbonyl (C=O) groups is 1. The average molecular weight is 136 g/mol. The van der Waals surface area contributed by atoms with E-state index in [0.717, 1.165) is 0 Å². The Morgan fingerprint density at radius 2 is 2.50 bits per heavy atom. The summed E-state index contributed by atoms with van der Waals surface area (Å²) in [6.45, 7) is 0. The molecular weight excluding hydrogens is 128 g/mol. The maximum absolute atomic E-state index is 10.7. The summed E-state index contributed by atoms with van der Waals surface area (Å²) in [5.41, 5.74) is 0.690. The van der Waals surface area contributed by atoms with Gasteiger partial charge in [0.2, 0.25) is 0 Å². The van der Waals surface area contributed by atoms with Crippen molar-refractivity contribution in [2.24, 2.45) is 0 Å². The summed E-state index contributed by atoms with van der Waals surface area (Å²) in [5, 5.41) is 8.93. The Labute approximate surface area is 59.6 Å². The van der Waals surface area contributed by atoms with Crippen molar-refractivity contribution in [3.8, 4) is 12.3 Å². The molecule has 1 atom stereocenters. The molecule has 1 aliphatic rings. The van der Waals surface area contributed by atoms with E-state index >= 15 is 0 Å². The van der Waals surface area contributed by atoms with Gasteiger partial charge in [-0.25, -0.2) is 0 Å². The highest BCUT2D eigenvalue weighted by Crippen LogP contribution is 2.14. The van der Waals surface area contributed by atoms with E-state index in [1.807, 2.05) is 0 Å². The third-order valence-corrected chi connectivity index (χ3v) is 1.52. The predicted octanol–water partition coefficient (Wildman–Crippen LogP) is 0.270. The molecule has 0 aromatic carbocycles. The number of aliphatic hydroxyl groups is 1. The zero-order valence-corrected chi connectivity index (χ0v) is 5.50. The second-order valence-electron chi connectivity index (χ2n) is 2.27. The molecule has 0 saturated heterocycles. The molecule has 0 bridgehead atoms. The smallest absolute Gasteiger partial charge is 0.185 e. The standard InChI is InChI=1S/C8H8O2/c1-2-6-3-4-7(9)8(10)5-6/h1,5,7,9H,3-4H2. The van der Waals surface area contributed by atoms with Gasteiger partial charge in [-0.05, 0) is 18.9 Å². The van der Waals surface area contributed by atoms with Gasteiger partial charge >= 0.3 is 0 Å². The van der Waals surface area contributed by atoms with Crippen molar-refractivity contribution in [2.75, 3.05) is 0 Å². The molecule has 1 unspecified atom stereocenters. The summed E-state index contributed by atoms with van der Waals surface area (Å²) in [6, 6.07) is 0. The van der Waals surface area contributed by atoms with Crippen molar-refractivity contribution in [1.82, 2.24) is 0 Å². The van der Waals surface area contributed by atoms with Crippen LogP contribution in [0.25, 0.3) is 0 Å². The normalized spacial score (nSPS) is 25.4. The molecule has 0 fully saturated rings.